The molecular weight excluding hydrogens is 390 g/mol. The maximum Gasteiger partial charge on any atom is 0.253 e. The van der Waals surface area contributed by atoms with Crippen LogP contribution in [0.3, 0.4) is 0 Å². The number of aromatic amines is 1. The van der Waals surface area contributed by atoms with Gasteiger partial charge in [0.15, 0.2) is 11.5 Å². The number of carbonyl (C=O) groups is 1. The van der Waals surface area contributed by atoms with Gasteiger partial charge in [0.1, 0.15) is 16.9 Å². The van der Waals surface area contributed by atoms with Gasteiger partial charge in [0.2, 0.25) is 0 Å². The van der Waals surface area contributed by atoms with Crippen LogP contribution in [0.4, 0.5) is 5.82 Å². The van der Waals surface area contributed by atoms with Crippen molar-refractivity contribution in [1.82, 2.24) is 20.1 Å². The number of anilines is 1. The van der Waals surface area contributed by atoms with Crippen LogP contribution in [-0.4, -0.2) is 45.1 Å². The fraction of sp³-hybridized carbons (Fsp3) is 0.458. The number of piperidine rings is 1. The minimum absolute atomic E-state index is 0.0768. The van der Waals surface area contributed by atoms with Gasteiger partial charge in [0.25, 0.3) is 5.91 Å². The summed E-state index contributed by atoms with van der Waals surface area (Å²) in [5.41, 5.74) is 1.36. The molecule has 1 amide bonds. The molecular formula is C24H29N5O2. The number of hydrogen-bond acceptors (Lipinski definition) is 5. The number of benzene rings is 1. The highest BCUT2D eigenvalue weighted by atomic mass is 16.5. The van der Waals surface area contributed by atoms with E-state index in [1.165, 1.54) is 25.7 Å². The predicted octanol–water partition coefficient (Wildman–Crippen LogP) is 5.12. The number of pyridine rings is 1. The fourth-order valence-corrected chi connectivity index (χ4v) is 4.65. The third kappa shape index (κ3) is 4.36. The molecule has 3 aromatic rings. The smallest absolute Gasteiger partial charge is 0.253 e. The van der Waals surface area contributed by atoms with Crippen LogP contribution in [0.15, 0.2) is 36.5 Å². The summed E-state index contributed by atoms with van der Waals surface area (Å²) in [6.45, 7) is 1.67. The molecule has 1 aromatic carbocycles. The van der Waals surface area contributed by atoms with Gasteiger partial charge in [-0.1, -0.05) is 25.3 Å². The summed E-state index contributed by atoms with van der Waals surface area (Å²) in [4.78, 5) is 19.2. The third-order valence-electron chi connectivity index (χ3n) is 6.32. The summed E-state index contributed by atoms with van der Waals surface area (Å²) in [6.07, 6.45) is 11.2. The molecule has 0 radical (unpaired) electrons. The Morgan fingerprint density at radius 1 is 1.06 bits per heavy atom. The van der Waals surface area contributed by atoms with E-state index in [0.29, 0.717) is 28.8 Å². The van der Waals surface area contributed by atoms with E-state index >= 15 is 0 Å². The molecule has 2 fully saturated rings. The van der Waals surface area contributed by atoms with Gasteiger partial charge < -0.3 is 15.0 Å². The van der Waals surface area contributed by atoms with Crippen molar-refractivity contribution >= 4 is 22.8 Å². The summed E-state index contributed by atoms with van der Waals surface area (Å²) in [5.74, 6) is 2.18. The Morgan fingerprint density at radius 3 is 2.71 bits per heavy atom. The second kappa shape index (κ2) is 8.96. The van der Waals surface area contributed by atoms with E-state index in [1.54, 1.807) is 6.20 Å². The summed E-state index contributed by atoms with van der Waals surface area (Å²) in [6, 6.07) is 9.73. The molecule has 2 N–H and O–H groups in total. The largest absolute Gasteiger partial charge is 0.456 e. The van der Waals surface area contributed by atoms with Crippen LogP contribution in [0.1, 0.15) is 61.7 Å². The van der Waals surface area contributed by atoms with Crippen LogP contribution in [-0.2, 0) is 0 Å². The number of nitrogens with zero attached hydrogens (tertiary/aromatic N) is 3. The van der Waals surface area contributed by atoms with Crippen molar-refractivity contribution in [2.45, 2.75) is 57.4 Å². The van der Waals surface area contributed by atoms with Crippen LogP contribution in [0, 0.1) is 0 Å². The van der Waals surface area contributed by atoms with E-state index in [4.69, 9.17) is 4.74 Å². The first-order valence-corrected chi connectivity index (χ1v) is 11.4. The molecule has 1 saturated carbocycles. The van der Waals surface area contributed by atoms with Crippen molar-refractivity contribution in [1.29, 1.82) is 0 Å². The minimum atomic E-state index is 0.0768. The molecule has 0 atom stereocenters. The van der Waals surface area contributed by atoms with Crippen LogP contribution < -0.4 is 10.1 Å². The maximum atomic E-state index is 12.9. The summed E-state index contributed by atoms with van der Waals surface area (Å²) >= 11 is 0. The van der Waals surface area contributed by atoms with Gasteiger partial charge in [-0.05, 0) is 50.3 Å². The standard InChI is InChI=1S/C24H29N5O2/c30-24(29-14-5-2-6-15-29)17-8-7-11-19(16-17)31-20-12-13-25-22-21(20)23(28-27-22)26-18-9-3-1-4-10-18/h7-8,11-13,16,18H,1-6,9-10,14-15H2,(H2,25,26,27,28). The van der Waals surface area contributed by atoms with E-state index < -0.39 is 0 Å². The molecule has 1 saturated heterocycles. The van der Waals surface area contributed by atoms with Crippen molar-refractivity contribution in [3.63, 3.8) is 0 Å². The molecule has 0 spiro atoms. The van der Waals surface area contributed by atoms with Crippen LogP contribution in [0.5, 0.6) is 11.5 Å². The van der Waals surface area contributed by atoms with Crippen molar-refractivity contribution in [3.05, 3.63) is 42.1 Å². The molecule has 2 aromatic heterocycles. The lowest BCUT2D eigenvalue weighted by Gasteiger charge is -2.26. The van der Waals surface area contributed by atoms with Gasteiger partial charge in [0, 0.05) is 37.0 Å². The van der Waals surface area contributed by atoms with E-state index in [1.807, 2.05) is 35.2 Å². The molecule has 5 rings (SSSR count). The minimum Gasteiger partial charge on any atom is -0.456 e. The van der Waals surface area contributed by atoms with Gasteiger partial charge in [-0.15, -0.1) is 0 Å². The van der Waals surface area contributed by atoms with Gasteiger partial charge >= 0.3 is 0 Å². The molecule has 1 aliphatic carbocycles. The fourth-order valence-electron chi connectivity index (χ4n) is 4.65. The van der Waals surface area contributed by atoms with Crippen molar-refractivity contribution in [2.24, 2.45) is 0 Å². The molecule has 162 valence electrons. The van der Waals surface area contributed by atoms with E-state index in [-0.39, 0.29) is 5.91 Å². The zero-order valence-corrected chi connectivity index (χ0v) is 17.8. The number of hydrogen-bond donors (Lipinski definition) is 2. The number of rotatable bonds is 5. The van der Waals surface area contributed by atoms with Crippen molar-refractivity contribution < 1.29 is 9.53 Å². The number of likely N-dealkylation sites (tertiary alicyclic amines) is 1. The Hall–Kier alpha value is -3.09. The number of ether oxygens (including phenoxy) is 1. The summed E-state index contributed by atoms with van der Waals surface area (Å²) in [7, 11) is 0. The molecule has 3 heterocycles. The number of fused-ring (bicyclic) bond motifs is 1. The number of nitrogens with one attached hydrogen (secondary N) is 2. The SMILES string of the molecule is O=C(c1cccc(Oc2ccnc3[nH]nc(NC4CCCCC4)c23)c1)N1CCCCC1. The average Bonchev–Trinajstić information content (AvgIpc) is 3.24. The highest BCUT2D eigenvalue weighted by Crippen LogP contribution is 2.34. The topological polar surface area (TPSA) is 83.1 Å². The zero-order valence-electron chi connectivity index (χ0n) is 17.8. The first-order chi connectivity index (χ1) is 15.3. The zero-order chi connectivity index (χ0) is 21.0. The van der Waals surface area contributed by atoms with Crippen LogP contribution in [0.25, 0.3) is 11.0 Å². The molecule has 7 nitrogen and oxygen atoms in total. The molecule has 0 unspecified atom stereocenters. The number of amides is 1. The van der Waals surface area contributed by atoms with Gasteiger partial charge in [-0.25, -0.2) is 4.98 Å². The summed E-state index contributed by atoms with van der Waals surface area (Å²) < 4.78 is 6.25. The number of H-pyrrole nitrogens is 1. The first kappa shape index (κ1) is 19.8. The van der Waals surface area contributed by atoms with Gasteiger partial charge in [0.05, 0.1) is 0 Å². The first-order valence-electron chi connectivity index (χ1n) is 11.4. The highest BCUT2D eigenvalue weighted by Gasteiger charge is 2.20. The molecule has 7 heteroatoms. The van der Waals surface area contributed by atoms with E-state index in [0.717, 1.165) is 50.0 Å². The lowest BCUT2D eigenvalue weighted by molar-refractivity contribution is 0.0724. The van der Waals surface area contributed by atoms with Crippen molar-refractivity contribution in [3.8, 4) is 11.5 Å². The maximum absolute atomic E-state index is 12.9. The third-order valence-corrected chi connectivity index (χ3v) is 6.32. The van der Waals surface area contributed by atoms with E-state index in [9.17, 15) is 4.79 Å². The predicted molar refractivity (Wildman–Crippen MR) is 121 cm³/mol. The van der Waals surface area contributed by atoms with Gasteiger partial charge in [-0.3, -0.25) is 9.89 Å². The quantitative estimate of drug-likeness (QED) is 0.600. The van der Waals surface area contributed by atoms with Gasteiger partial charge in [-0.2, -0.15) is 5.10 Å². The highest BCUT2D eigenvalue weighted by molar-refractivity contribution is 5.95. The average molecular weight is 420 g/mol. The Labute approximate surface area is 182 Å². The Morgan fingerprint density at radius 2 is 1.87 bits per heavy atom. The Balaban J connectivity index is 1.39. The second-order valence-electron chi connectivity index (χ2n) is 8.57. The monoisotopic (exact) mass is 419 g/mol. The second-order valence-corrected chi connectivity index (χ2v) is 8.57. The lowest BCUT2D eigenvalue weighted by Crippen LogP contribution is -2.35. The number of carbonyl (C=O) groups excluding carboxylic acids is 1. The Bertz CT molecular complexity index is 1050. The molecule has 1 aliphatic heterocycles. The normalized spacial score (nSPS) is 17.6. The summed E-state index contributed by atoms with van der Waals surface area (Å²) in [5, 5.41) is 11.9. The molecule has 0 bridgehead atoms. The van der Waals surface area contributed by atoms with E-state index in [2.05, 4.69) is 20.5 Å². The molecule has 31 heavy (non-hydrogen) atoms. The lowest BCUT2D eigenvalue weighted by atomic mass is 9.95. The van der Waals surface area contributed by atoms with Crippen LogP contribution in [0.2, 0.25) is 0 Å². The number of aromatic nitrogens is 3. The molecule has 2 aliphatic rings. The van der Waals surface area contributed by atoms with Crippen LogP contribution >= 0.6 is 0 Å². The Kier molecular flexibility index (Phi) is 5.74. The van der Waals surface area contributed by atoms with Crippen molar-refractivity contribution in [2.75, 3.05) is 18.4 Å².